The highest BCUT2D eigenvalue weighted by molar-refractivity contribution is 5.89. The predicted molar refractivity (Wildman–Crippen MR) is 108 cm³/mol. The molecule has 1 aromatic heterocycles. The second-order valence-corrected chi connectivity index (χ2v) is 8.00. The fourth-order valence-corrected chi connectivity index (χ4v) is 4.51. The molecule has 7 heteroatoms. The van der Waals surface area contributed by atoms with Gasteiger partial charge in [-0.15, -0.1) is 0 Å². The van der Waals surface area contributed by atoms with Crippen molar-refractivity contribution in [1.29, 1.82) is 0 Å². The van der Waals surface area contributed by atoms with E-state index in [0.717, 1.165) is 30.0 Å². The Morgan fingerprint density at radius 2 is 2.10 bits per heavy atom. The second-order valence-electron chi connectivity index (χ2n) is 8.00. The second kappa shape index (κ2) is 8.27. The van der Waals surface area contributed by atoms with Gasteiger partial charge in [-0.1, -0.05) is 25.0 Å². The minimum absolute atomic E-state index is 0.102. The average molecular weight is 396 g/mol. The summed E-state index contributed by atoms with van der Waals surface area (Å²) in [5.74, 6) is 1.14. The van der Waals surface area contributed by atoms with Gasteiger partial charge >= 0.3 is 0 Å². The quantitative estimate of drug-likeness (QED) is 0.814. The molecule has 1 saturated carbocycles. The molecule has 2 atom stereocenters. The van der Waals surface area contributed by atoms with Gasteiger partial charge in [0.1, 0.15) is 17.6 Å². The molecular formula is C22H28N4O3. The number of imidazole rings is 1. The summed E-state index contributed by atoms with van der Waals surface area (Å²) >= 11 is 0. The van der Waals surface area contributed by atoms with E-state index in [9.17, 15) is 9.59 Å². The first-order valence-corrected chi connectivity index (χ1v) is 10.3. The predicted octanol–water partition coefficient (Wildman–Crippen LogP) is 2.43. The van der Waals surface area contributed by atoms with Crippen molar-refractivity contribution in [3.05, 3.63) is 48.0 Å². The summed E-state index contributed by atoms with van der Waals surface area (Å²) < 4.78 is 7.25. The first-order chi connectivity index (χ1) is 14.1. The number of carbonyl (C=O) groups is 2. The van der Waals surface area contributed by atoms with Crippen LogP contribution in [0.5, 0.6) is 5.75 Å². The molecule has 2 aromatic rings. The van der Waals surface area contributed by atoms with Crippen LogP contribution in [0.3, 0.4) is 0 Å². The lowest BCUT2D eigenvalue weighted by Crippen LogP contribution is -2.38. The van der Waals surface area contributed by atoms with Crippen LogP contribution in [0.2, 0.25) is 0 Å². The maximum atomic E-state index is 13.1. The van der Waals surface area contributed by atoms with Crippen molar-refractivity contribution in [2.75, 3.05) is 13.7 Å². The lowest BCUT2D eigenvalue weighted by Gasteiger charge is -2.25. The molecule has 0 radical (unpaired) electrons. The molecule has 29 heavy (non-hydrogen) atoms. The molecule has 2 aliphatic rings. The summed E-state index contributed by atoms with van der Waals surface area (Å²) in [5, 5.41) is 3.14. The lowest BCUT2D eigenvalue weighted by atomic mass is 10.0. The van der Waals surface area contributed by atoms with Gasteiger partial charge in [0.15, 0.2) is 0 Å². The van der Waals surface area contributed by atoms with Crippen molar-refractivity contribution in [3.8, 4) is 5.75 Å². The van der Waals surface area contributed by atoms with Crippen LogP contribution in [0, 0.1) is 5.92 Å². The minimum atomic E-state index is -0.409. The molecule has 154 valence electrons. The van der Waals surface area contributed by atoms with E-state index in [1.807, 2.05) is 47.0 Å². The number of ether oxygens (including phenoxy) is 1. The summed E-state index contributed by atoms with van der Waals surface area (Å²) in [6.07, 6.45) is 8.31. The van der Waals surface area contributed by atoms with E-state index in [4.69, 9.17) is 4.74 Å². The Labute approximate surface area is 171 Å². The van der Waals surface area contributed by atoms with Crippen molar-refractivity contribution in [1.82, 2.24) is 19.8 Å². The van der Waals surface area contributed by atoms with Crippen LogP contribution in [-0.4, -0.2) is 46.0 Å². The Morgan fingerprint density at radius 1 is 1.31 bits per heavy atom. The van der Waals surface area contributed by atoms with Crippen LogP contribution >= 0.6 is 0 Å². The smallest absolute Gasteiger partial charge is 0.226 e. The zero-order chi connectivity index (χ0) is 20.4. The summed E-state index contributed by atoms with van der Waals surface area (Å²) in [7, 11) is 3.53. The number of amides is 2. The monoisotopic (exact) mass is 396 g/mol. The number of rotatable bonds is 6. The number of carbonyl (C=O) groups excluding carboxylic acids is 2. The molecule has 2 unspecified atom stereocenters. The topological polar surface area (TPSA) is 76.5 Å². The van der Waals surface area contributed by atoms with E-state index < -0.39 is 6.04 Å². The molecule has 1 aliphatic carbocycles. The highest BCUT2D eigenvalue weighted by Gasteiger charge is 2.39. The number of aryl methyl sites for hydroxylation is 1. The van der Waals surface area contributed by atoms with Crippen LogP contribution in [0.15, 0.2) is 36.7 Å². The number of nitrogens with one attached hydrogen (secondary N) is 1. The van der Waals surface area contributed by atoms with Crippen molar-refractivity contribution < 1.29 is 14.3 Å². The van der Waals surface area contributed by atoms with Crippen molar-refractivity contribution in [2.24, 2.45) is 13.0 Å². The van der Waals surface area contributed by atoms with Crippen LogP contribution in [0.25, 0.3) is 0 Å². The first kappa shape index (κ1) is 19.5. The first-order valence-electron chi connectivity index (χ1n) is 10.3. The summed E-state index contributed by atoms with van der Waals surface area (Å²) in [6.45, 7) is 0.515. The van der Waals surface area contributed by atoms with Gasteiger partial charge in [-0.3, -0.25) is 9.59 Å². The molecule has 2 fully saturated rings. The van der Waals surface area contributed by atoms with E-state index in [2.05, 4.69) is 10.3 Å². The van der Waals surface area contributed by atoms with E-state index >= 15 is 0 Å². The Bertz CT molecular complexity index is 888. The molecule has 0 spiro atoms. The van der Waals surface area contributed by atoms with Crippen molar-refractivity contribution in [3.63, 3.8) is 0 Å². The van der Waals surface area contributed by atoms with Crippen LogP contribution in [0.1, 0.15) is 49.5 Å². The number of hydrogen-bond acceptors (Lipinski definition) is 4. The average Bonchev–Trinajstić information content (AvgIpc) is 3.47. The SMILES string of the molecule is COc1cccc(C(NC(=O)C2CC(=O)N(C3CCCC3)C2)c2nccn2C)c1. The molecule has 1 aromatic carbocycles. The molecule has 2 heterocycles. The van der Waals surface area contributed by atoms with E-state index in [1.165, 1.54) is 12.8 Å². The number of aromatic nitrogens is 2. The molecule has 1 aliphatic heterocycles. The van der Waals surface area contributed by atoms with E-state index in [0.29, 0.717) is 12.6 Å². The zero-order valence-electron chi connectivity index (χ0n) is 17.0. The normalized spacial score (nSPS) is 20.8. The number of hydrogen-bond donors (Lipinski definition) is 1. The van der Waals surface area contributed by atoms with Gasteiger partial charge in [0.2, 0.25) is 11.8 Å². The maximum Gasteiger partial charge on any atom is 0.226 e. The molecular weight excluding hydrogens is 368 g/mol. The van der Waals surface area contributed by atoms with E-state index in [1.54, 1.807) is 13.3 Å². The Hall–Kier alpha value is -2.83. The molecule has 1 N–H and O–H groups in total. The molecule has 1 saturated heterocycles. The van der Waals surface area contributed by atoms with Crippen LogP contribution in [-0.2, 0) is 16.6 Å². The van der Waals surface area contributed by atoms with Gasteiger partial charge in [0, 0.05) is 38.4 Å². The summed E-state index contributed by atoms with van der Waals surface area (Å²) in [6, 6.07) is 7.53. The lowest BCUT2D eigenvalue weighted by molar-refractivity contribution is -0.130. The van der Waals surface area contributed by atoms with Gasteiger partial charge in [0.25, 0.3) is 0 Å². The van der Waals surface area contributed by atoms with E-state index in [-0.39, 0.29) is 24.2 Å². The third-order valence-corrected chi connectivity index (χ3v) is 6.13. The summed E-state index contributed by atoms with van der Waals surface area (Å²) in [5.41, 5.74) is 0.893. The van der Waals surface area contributed by atoms with Gasteiger partial charge in [-0.2, -0.15) is 0 Å². The number of benzene rings is 1. The Morgan fingerprint density at radius 3 is 2.79 bits per heavy atom. The van der Waals surface area contributed by atoms with Crippen molar-refractivity contribution >= 4 is 11.8 Å². The molecule has 4 rings (SSSR count). The largest absolute Gasteiger partial charge is 0.497 e. The van der Waals surface area contributed by atoms with Crippen LogP contribution < -0.4 is 10.1 Å². The standard InChI is InChI=1S/C22H28N4O3/c1-25-11-10-23-21(25)20(15-6-5-9-18(12-15)29-2)24-22(28)16-13-19(27)26(14-16)17-7-3-4-8-17/h5-6,9-12,16-17,20H,3-4,7-8,13-14H2,1-2H3,(H,24,28). The number of nitrogens with zero attached hydrogens (tertiary/aromatic N) is 3. The van der Waals surface area contributed by atoms with Crippen molar-refractivity contribution in [2.45, 2.75) is 44.2 Å². The Balaban J connectivity index is 1.54. The maximum absolute atomic E-state index is 13.1. The van der Waals surface area contributed by atoms with Gasteiger partial charge in [-0.25, -0.2) is 4.98 Å². The third-order valence-electron chi connectivity index (χ3n) is 6.13. The minimum Gasteiger partial charge on any atom is -0.497 e. The fourth-order valence-electron chi connectivity index (χ4n) is 4.51. The van der Waals surface area contributed by atoms with Crippen LogP contribution in [0.4, 0.5) is 0 Å². The molecule has 0 bridgehead atoms. The number of likely N-dealkylation sites (tertiary alicyclic amines) is 1. The van der Waals surface area contributed by atoms with Gasteiger partial charge in [-0.05, 0) is 30.5 Å². The highest BCUT2D eigenvalue weighted by Crippen LogP contribution is 2.30. The fraction of sp³-hybridized carbons (Fsp3) is 0.500. The number of methoxy groups -OCH3 is 1. The van der Waals surface area contributed by atoms with Gasteiger partial charge in [0.05, 0.1) is 13.0 Å². The summed E-state index contributed by atoms with van der Waals surface area (Å²) in [4.78, 5) is 32.0. The zero-order valence-corrected chi connectivity index (χ0v) is 17.0. The molecule has 2 amide bonds. The third kappa shape index (κ3) is 3.99. The van der Waals surface area contributed by atoms with Gasteiger partial charge < -0.3 is 19.5 Å². The Kier molecular flexibility index (Phi) is 5.56. The highest BCUT2D eigenvalue weighted by atomic mass is 16.5. The molecule has 7 nitrogen and oxygen atoms in total.